The number of hydrogen-bond acceptors (Lipinski definition) is 7. The largest absolute Gasteiger partial charge is 0.325 e. The molecule has 0 aliphatic heterocycles. The summed E-state index contributed by atoms with van der Waals surface area (Å²) in [4.78, 5) is 41.6. The molecule has 0 saturated heterocycles. The Hall–Kier alpha value is -3.76. The van der Waals surface area contributed by atoms with Gasteiger partial charge in [0.2, 0.25) is 5.91 Å². The van der Waals surface area contributed by atoms with Gasteiger partial charge in [0.25, 0.3) is 11.2 Å². The van der Waals surface area contributed by atoms with Crippen molar-refractivity contribution in [3.05, 3.63) is 92.6 Å². The molecule has 4 rings (SSSR count). The number of carbonyl (C=O) groups excluding carboxylic acids is 1. The van der Waals surface area contributed by atoms with E-state index in [1.807, 2.05) is 35.7 Å². The van der Waals surface area contributed by atoms with E-state index in [0.29, 0.717) is 26.6 Å². The number of rotatable bonds is 8. The standard InChI is InChI=1S/C24H20N4O4S2/c1-3-11-27-23(30)21-18(16-7-5-4-6-8-16)13-33-22(21)26-24(27)34-14-20(29)25-19-10-9-17(28(31)32)12-15(19)2/h3-10,12-13H,1,11,14H2,2H3,(H,25,29). The van der Waals surface area contributed by atoms with Crippen molar-refractivity contribution < 1.29 is 9.72 Å². The van der Waals surface area contributed by atoms with Crippen molar-refractivity contribution in [2.75, 3.05) is 11.1 Å². The van der Waals surface area contributed by atoms with Crippen molar-refractivity contribution in [2.45, 2.75) is 18.6 Å². The van der Waals surface area contributed by atoms with Crippen molar-refractivity contribution in [1.82, 2.24) is 9.55 Å². The van der Waals surface area contributed by atoms with Gasteiger partial charge in [-0.1, -0.05) is 48.2 Å². The maximum atomic E-state index is 13.4. The normalized spacial score (nSPS) is 10.9. The smallest absolute Gasteiger partial charge is 0.269 e. The highest BCUT2D eigenvalue weighted by atomic mass is 32.2. The number of thioether (sulfide) groups is 1. The molecule has 1 N–H and O–H groups in total. The van der Waals surface area contributed by atoms with Crippen LogP contribution in [0.25, 0.3) is 21.3 Å². The van der Waals surface area contributed by atoms with Crippen LogP contribution in [-0.4, -0.2) is 26.1 Å². The molecule has 0 fully saturated rings. The Morgan fingerprint density at radius 1 is 1.29 bits per heavy atom. The number of nitrogens with zero attached hydrogens (tertiary/aromatic N) is 3. The molecule has 4 aromatic rings. The van der Waals surface area contributed by atoms with Crippen LogP contribution in [0.3, 0.4) is 0 Å². The second-order valence-corrected chi connectivity index (χ2v) is 9.19. The third-order valence-corrected chi connectivity index (χ3v) is 6.93. The first-order valence-corrected chi connectivity index (χ1v) is 12.1. The molecule has 2 heterocycles. The average Bonchev–Trinajstić information content (AvgIpc) is 3.26. The molecule has 0 bridgehead atoms. The molecule has 0 spiro atoms. The van der Waals surface area contributed by atoms with E-state index >= 15 is 0 Å². The molecule has 172 valence electrons. The summed E-state index contributed by atoms with van der Waals surface area (Å²) >= 11 is 2.54. The van der Waals surface area contributed by atoms with Gasteiger partial charge in [-0.3, -0.25) is 24.3 Å². The molecule has 2 aromatic heterocycles. The van der Waals surface area contributed by atoms with Gasteiger partial charge in [-0.25, -0.2) is 4.98 Å². The lowest BCUT2D eigenvalue weighted by atomic mass is 10.1. The molecule has 0 radical (unpaired) electrons. The van der Waals surface area contributed by atoms with Gasteiger partial charge in [0.15, 0.2) is 5.16 Å². The number of nitrogens with one attached hydrogen (secondary N) is 1. The minimum absolute atomic E-state index is 0.0163. The second kappa shape index (κ2) is 10.0. The zero-order chi connectivity index (χ0) is 24.2. The van der Waals surface area contributed by atoms with Gasteiger partial charge in [0, 0.05) is 35.3 Å². The van der Waals surface area contributed by atoms with Crippen LogP contribution < -0.4 is 10.9 Å². The summed E-state index contributed by atoms with van der Waals surface area (Å²) in [6.45, 7) is 5.70. The van der Waals surface area contributed by atoms with Crippen LogP contribution in [0.1, 0.15) is 5.56 Å². The Balaban J connectivity index is 1.59. The van der Waals surface area contributed by atoms with E-state index in [0.717, 1.165) is 22.9 Å². The molecule has 0 unspecified atom stereocenters. The highest BCUT2D eigenvalue weighted by Crippen LogP contribution is 2.32. The summed E-state index contributed by atoms with van der Waals surface area (Å²) in [7, 11) is 0. The van der Waals surface area contributed by atoms with E-state index in [1.165, 1.54) is 34.1 Å². The molecule has 0 aliphatic carbocycles. The quantitative estimate of drug-likeness (QED) is 0.118. The van der Waals surface area contributed by atoms with Gasteiger partial charge in [-0.05, 0) is 24.1 Å². The molecular formula is C24H20N4O4S2. The number of nitro benzene ring substituents is 1. The van der Waals surface area contributed by atoms with E-state index < -0.39 is 4.92 Å². The van der Waals surface area contributed by atoms with E-state index in [2.05, 4.69) is 16.9 Å². The van der Waals surface area contributed by atoms with Crippen molar-refractivity contribution in [3.63, 3.8) is 0 Å². The van der Waals surface area contributed by atoms with Gasteiger partial charge < -0.3 is 5.32 Å². The summed E-state index contributed by atoms with van der Waals surface area (Å²) in [5.74, 6) is -0.291. The average molecular weight is 493 g/mol. The molecule has 8 nitrogen and oxygen atoms in total. The van der Waals surface area contributed by atoms with Crippen LogP contribution in [0.5, 0.6) is 0 Å². The number of aryl methyl sites for hydroxylation is 1. The number of nitro groups is 1. The minimum atomic E-state index is -0.483. The van der Waals surface area contributed by atoms with Gasteiger partial charge >= 0.3 is 0 Å². The maximum Gasteiger partial charge on any atom is 0.269 e. The summed E-state index contributed by atoms with van der Waals surface area (Å²) in [5.41, 5.74) is 2.63. The SMILES string of the molecule is C=CCn1c(SCC(=O)Nc2ccc([N+](=O)[O-])cc2C)nc2scc(-c3ccccc3)c2c1=O. The van der Waals surface area contributed by atoms with Crippen LogP contribution in [0.15, 0.2) is 76.5 Å². The van der Waals surface area contributed by atoms with E-state index in [-0.39, 0.29) is 29.5 Å². The Kier molecular flexibility index (Phi) is 6.90. The van der Waals surface area contributed by atoms with Gasteiger partial charge in [-0.2, -0.15) is 0 Å². The lowest BCUT2D eigenvalue weighted by Gasteiger charge is -2.11. The molecule has 0 aliphatic rings. The molecule has 10 heteroatoms. The van der Waals surface area contributed by atoms with Crippen molar-refractivity contribution in [1.29, 1.82) is 0 Å². The van der Waals surface area contributed by atoms with E-state index in [1.54, 1.807) is 13.0 Å². The van der Waals surface area contributed by atoms with Crippen LogP contribution in [0.4, 0.5) is 11.4 Å². The topological polar surface area (TPSA) is 107 Å². The fourth-order valence-electron chi connectivity index (χ4n) is 3.45. The Morgan fingerprint density at radius 3 is 2.74 bits per heavy atom. The number of benzene rings is 2. The second-order valence-electron chi connectivity index (χ2n) is 7.39. The monoisotopic (exact) mass is 492 g/mol. The van der Waals surface area contributed by atoms with Crippen molar-refractivity contribution >= 4 is 50.6 Å². The summed E-state index contributed by atoms with van der Waals surface area (Å²) in [5, 5.41) is 16.6. The number of amides is 1. The summed E-state index contributed by atoms with van der Waals surface area (Å²) < 4.78 is 1.52. The van der Waals surface area contributed by atoms with Crippen LogP contribution in [0, 0.1) is 17.0 Å². The zero-order valence-electron chi connectivity index (χ0n) is 18.2. The van der Waals surface area contributed by atoms with Gasteiger partial charge in [-0.15, -0.1) is 17.9 Å². The zero-order valence-corrected chi connectivity index (χ0v) is 19.8. The third kappa shape index (κ3) is 4.78. The molecule has 0 saturated carbocycles. The van der Waals surface area contributed by atoms with E-state index in [9.17, 15) is 19.7 Å². The number of aromatic nitrogens is 2. The lowest BCUT2D eigenvalue weighted by Crippen LogP contribution is -2.23. The number of hydrogen-bond donors (Lipinski definition) is 1. The number of carbonyl (C=O) groups is 1. The van der Waals surface area contributed by atoms with Crippen molar-refractivity contribution in [3.8, 4) is 11.1 Å². The van der Waals surface area contributed by atoms with Gasteiger partial charge in [0.05, 0.1) is 16.1 Å². The summed E-state index contributed by atoms with van der Waals surface area (Å²) in [6, 6.07) is 13.9. The molecule has 34 heavy (non-hydrogen) atoms. The third-order valence-electron chi connectivity index (χ3n) is 5.08. The molecule has 1 amide bonds. The number of anilines is 1. The Bertz CT molecular complexity index is 1460. The van der Waals surface area contributed by atoms with Gasteiger partial charge in [0.1, 0.15) is 4.83 Å². The minimum Gasteiger partial charge on any atom is -0.325 e. The lowest BCUT2D eigenvalue weighted by molar-refractivity contribution is -0.384. The fraction of sp³-hybridized carbons (Fsp3) is 0.125. The first kappa shape index (κ1) is 23.4. The first-order valence-electron chi connectivity index (χ1n) is 10.2. The molecule has 0 atom stereocenters. The number of non-ortho nitro benzene ring substituents is 1. The number of fused-ring (bicyclic) bond motifs is 1. The predicted molar refractivity (Wildman–Crippen MR) is 137 cm³/mol. The Morgan fingerprint density at radius 2 is 2.06 bits per heavy atom. The highest BCUT2D eigenvalue weighted by molar-refractivity contribution is 7.99. The predicted octanol–water partition coefficient (Wildman–Crippen LogP) is 5.26. The van der Waals surface area contributed by atoms with Crippen LogP contribution in [-0.2, 0) is 11.3 Å². The van der Waals surface area contributed by atoms with E-state index in [4.69, 9.17) is 0 Å². The first-order chi connectivity index (χ1) is 16.4. The van der Waals surface area contributed by atoms with Crippen LogP contribution >= 0.6 is 23.1 Å². The summed E-state index contributed by atoms with van der Waals surface area (Å²) in [6.07, 6.45) is 1.62. The highest BCUT2D eigenvalue weighted by Gasteiger charge is 2.18. The van der Waals surface area contributed by atoms with Crippen molar-refractivity contribution in [2.24, 2.45) is 0 Å². The van der Waals surface area contributed by atoms with Crippen LogP contribution in [0.2, 0.25) is 0 Å². The Labute approximate surface area is 203 Å². The number of thiophene rings is 1. The molecule has 2 aromatic carbocycles. The fourth-order valence-corrected chi connectivity index (χ4v) is 5.25. The number of allylic oxidation sites excluding steroid dienone is 1. The molecular weight excluding hydrogens is 472 g/mol. The maximum absolute atomic E-state index is 13.4.